The second-order valence-electron chi connectivity index (χ2n) is 7.11. The number of H-pyrrole nitrogens is 1. The highest BCUT2D eigenvalue weighted by Crippen LogP contribution is 2.22. The quantitative estimate of drug-likeness (QED) is 0.659. The molecule has 1 aliphatic rings. The van der Waals surface area contributed by atoms with Crippen molar-refractivity contribution in [3.8, 4) is 0 Å². The molecule has 1 fully saturated rings. The molecular weight excluding hydrogens is 374 g/mol. The van der Waals surface area contributed by atoms with Gasteiger partial charge < -0.3 is 14.8 Å². The summed E-state index contributed by atoms with van der Waals surface area (Å²) in [5.41, 5.74) is 0.669. The molecule has 2 atom stereocenters. The average Bonchev–Trinajstić information content (AvgIpc) is 3.08. The molecule has 156 valence electrons. The van der Waals surface area contributed by atoms with Crippen LogP contribution in [0.5, 0.6) is 0 Å². The van der Waals surface area contributed by atoms with E-state index in [0.29, 0.717) is 6.61 Å². The Morgan fingerprint density at radius 3 is 2.72 bits per heavy atom. The molecule has 1 aromatic heterocycles. The minimum atomic E-state index is -0.620. The first-order valence-electron chi connectivity index (χ1n) is 9.98. The SMILES string of the molecule is CCOC(=O)c1cc(=O)n(CC(=O)N[C@H]2CCCC[C@@H]2OCc2ccccc2)[nH]1. The summed E-state index contributed by atoms with van der Waals surface area (Å²) in [5, 5.41) is 5.61. The van der Waals surface area contributed by atoms with E-state index in [4.69, 9.17) is 9.47 Å². The summed E-state index contributed by atoms with van der Waals surface area (Å²) in [6.07, 6.45) is 3.73. The molecule has 8 nitrogen and oxygen atoms in total. The van der Waals surface area contributed by atoms with Crippen molar-refractivity contribution in [2.45, 2.75) is 57.9 Å². The number of benzene rings is 1. The molecule has 0 bridgehead atoms. The first-order chi connectivity index (χ1) is 14.1. The summed E-state index contributed by atoms with van der Waals surface area (Å²) in [6.45, 7) is 2.19. The Hall–Kier alpha value is -2.87. The van der Waals surface area contributed by atoms with Crippen molar-refractivity contribution in [2.75, 3.05) is 6.61 Å². The lowest BCUT2D eigenvalue weighted by atomic mass is 9.92. The normalized spacial score (nSPS) is 18.9. The van der Waals surface area contributed by atoms with Crippen LogP contribution in [0.4, 0.5) is 0 Å². The maximum absolute atomic E-state index is 12.5. The summed E-state index contributed by atoms with van der Waals surface area (Å²) in [5.74, 6) is -0.921. The molecule has 0 unspecified atom stereocenters. The molecular formula is C21H27N3O5. The Morgan fingerprint density at radius 2 is 1.97 bits per heavy atom. The van der Waals surface area contributed by atoms with Crippen LogP contribution in [-0.2, 0) is 27.4 Å². The van der Waals surface area contributed by atoms with Gasteiger partial charge in [0.15, 0.2) is 0 Å². The Morgan fingerprint density at radius 1 is 1.21 bits per heavy atom. The highest BCUT2D eigenvalue weighted by molar-refractivity contribution is 5.87. The standard InChI is InChI=1S/C21H27N3O5/c1-2-28-21(27)17-12-20(26)24(23-17)13-19(25)22-16-10-6-7-11-18(16)29-14-15-8-4-3-5-9-15/h3-5,8-9,12,16,18,23H,2,6-7,10-11,13-14H2,1H3,(H,22,25)/t16-,18-/m0/s1. The van der Waals surface area contributed by atoms with E-state index >= 15 is 0 Å². The van der Waals surface area contributed by atoms with Crippen molar-refractivity contribution in [3.05, 3.63) is 58.0 Å². The number of aromatic nitrogens is 2. The number of nitrogens with zero attached hydrogens (tertiary/aromatic N) is 1. The van der Waals surface area contributed by atoms with Crippen molar-refractivity contribution in [1.82, 2.24) is 15.1 Å². The maximum atomic E-state index is 12.5. The van der Waals surface area contributed by atoms with Crippen LogP contribution in [0.2, 0.25) is 0 Å². The van der Waals surface area contributed by atoms with Gasteiger partial charge in [0.05, 0.1) is 25.4 Å². The number of rotatable bonds is 8. The van der Waals surface area contributed by atoms with E-state index in [1.54, 1.807) is 6.92 Å². The van der Waals surface area contributed by atoms with Gasteiger partial charge in [0.1, 0.15) is 12.2 Å². The second kappa shape index (κ2) is 10.1. The van der Waals surface area contributed by atoms with E-state index in [1.165, 1.54) is 0 Å². The molecule has 0 radical (unpaired) electrons. The summed E-state index contributed by atoms with van der Waals surface area (Å²) in [7, 11) is 0. The van der Waals surface area contributed by atoms with Crippen molar-refractivity contribution in [1.29, 1.82) is 0 Å². The Kier molecular flexibility index (Phi) is 7.24. The number of hydrogen-bond acceptors (Lipinski definition) is 5. The number of aromatic amines is 1. The van der Waals surface area contributed by atoms with Crippen LogP contribution in [0.1, 0.15) is 48.7 Å². The van der Waals surface area contributed by atoms with Crippen LogP contribution < -0.4 is 10.9 Å². The minimum Gasteiger partial charge on any atom is -0.461 e. The van der Waals surface area contributed by atoms with Gasteiger partial charge >= 0.3 is 5.97 Å². The highest BCUT2D eigenvalue weighted by atomic mass is 16.5. The average molecular weight is 401 g/mol. The van der Waals surface area contributed by atoms with E-state index in [1.807, 2.05) is 30.3 Å². The predicted octanol–water partition coefficient (Wildman–Crippen LogP) is 2.00. The van der Waals surface area contributed by atoms with E-state index in [-0.39, 0.29) is 36.9 Å². The van der Waals surface area contributed by atoms with Gasteiger partial charge in [0.2, 0.25) is 5.91 Å². The van der Waals surface area contributed by atoms with Crippen molar-refractivity contribution >= 4 is 11.9 Å². The van der Waals surface area contributed by atoms with Gasteiger partial charge in [-0.1, -0.05) is 43.2 Å². The number of ether oxygens (including phenoxy) is 2. The van der Waals surface area contributed by atoms with Crippen molar-refractivity contribution < 1.29 is 19.1 Å². The Labute approximate surface area is 169 Å². The Bertz CT molecular complexity index is 874. The fourth-order valence-corrected chi connectivity index (χ4v) is 3.50. The van der Waals surface area contributed by atoms with Crippen LogP contribution in [-0.4, -0.2) is 40.4 Å². The van der Waals surface area contributed by atoms with Gasteiger partial charge in [-0.3, -0.25) is 14.7 Å². The van der Waals surface area contributed by atoms with Crippen molar-refractivity contribution in [2.24, 2.45) is 0 Å². The lowest BCUT2D eigenvalue weighted by Crippen LogP contribution is -2.47. The zero-order valence-corrected chi connectivity index (χ0v) is 16.6. The summed E-state index contributed by atoms with van der Waals surface area (Å²) in [6, 6.07) is 11.0. The molecule has 0 saturated heterocycles. The molecule has 3 rings (SSSR count). The first-order valence-corrected chi connectivity index (χ1v) is 9.98. The largest absolute Gasteiger partial charge is 0.461 e. The van der Waals surface area contributed by atoms with Gasteiger partial charge in [0, 0.05) is 6.07 Å². The lowest BCUT2D eigenvalue weighted by molar-refractivity contribution is -0.124. The van der Waals surface area contributed by atoms with E-state index in [2.05, 4.69) is 10.4 Å². The predicted molar refractivity (Wildman–Crippen MR) is 106 cm³/mol. The summed E-state index contributed by atoms with van der Waals surface area (Å²) < 4.78 is 12.0. The van der Waals surface area contributed by atoms with Gasteiger partial charge in [-0.25, -0.2) is 9.48 Å². The van der Waals surface area contributed by atoms with Crippen LogP contribution in [0.3, 0.4) is 0 Å². The summed E-state index contributed by atoms with van der Waals surface area (Å²) >= 11 is 0. The molecule has 8 heteroatoms. The monoisotopic (exact) mass is 401 g/mol. The number of esters is 1. The molecule has 1 aromatic carbocycles. The van der Waals surface area contributed by atoms with Gasteiger partial charge in [-0.05, 0) is 25.3 Å². The lowest BCUT2D eigenvalue weighted by Gasteiger charge is -2.32. The first kappa shape index (κ1) is 20.9. The van der Waals surface area contributed by atoms with Crippen molar-refractivity contribution in [3.63, 3.8) is 0 Å². The highest BCUT2D eigenvalue weighted by Gasteiger charge is 2.27. The van der Waals surface area contributed by atoms with E-state index in [9.17, 15) is 14.4 Å². The molecule has 1 amide bonds. The zero-order chi connectivity index (χ0) is 20.6. The molecule has 0 aliphatic heterocycles. The molecule has 2 N–H and O–H groups in total. The van der Waals surface area contributed by atoms with Crippen LogP contribution >= 0.6 is 0 Å². The van der Waals surface area contributed by atoms with Gasteiger partial charge in [-0.15, -0.1) is 0 Å². The molecule has 0 spiro atoms. The zero-order valence-electron chi connectivity index (χ0n) is 16.6. The van der Waals surface area contributed by atoms with Crippen LogP contribution in [0.25, 0.3) is 0 Å². The van der Waals surface area contributed by atoms with Gasteiger partial charge in [-0.2, -0.15) is 0 Å². The van der Waals surface area contributed by atoms with Crippen LogP contribution in [0, 0.1) is 0 Å². The molecule has 1 heterocycles. The third-order valence-corrected chi connectivity index (χ3v) is 4.94. The topological polar surface area (TPSA) is 102 Å². The number of nitrogens with one attached hydrogen (secondary N) is 2. The third-order valence-electron chi connectivity index (χ3n) is 4.94. The second-order valence-corrected chi connectivity index (χ2v) is 7.11. The van der Waals surface area contributed by atoms with E-state index in [0.717, 1.165) is 42.0 Å². The molecule has 2 aromatic rings. The molecule has 1 saturated carbocycles. The minimum absolute atomic E-state index is 0.0337. The fraction of sp³-hybridized carbons (Fsp3) is 0.476. The molecule has 29 heavy (non-hydrogen) atoms. The fourth-order valence-electron chi connectivity index (χ4n) is 3.50. The number of carbonyl (C=O) groups excluding carboxylic acids is 2. The Balaban J connectivity index is 1.57. The number of amides is 1. The summed E-state index contributed by atoms with van der Waals surface area (Å²) in [4.78, 5) is 36.2. The smallest absolute Gasteiger partial charge is 0.356 e. The maximum Gasteiger partial charge on any atom is 0.356 e. The van der Waals surface area contributed by atoms with Gasteiger partial charge in [0.25, 0.3) is 5.56 Å². The van der Waals surface area contributed by atoms with Crippen LogP contribution in [0.15, 0.2) is 41.2 Å². The third kappa shape index (κ3) is 5.80. The number of hydrogen-bond donors (Lipinski definition) is 2. The van der Waals surface area contributed by atoms with E-state index < -0.39 is 11.5 Å². The molecule has 1 aliphatic carbocycles. The number of carbonyl (C=O) groups is 2.